The van der Waals surface area contributed by atoms with Crippen LogP contribution in [-0.4, -0.2) is 20.5 Å². The Balaban J connectivity index is 1.94. The molecule has 0 bridgehead atoms. The SMILES string of the molecule is CCC(C)(C)NCc1nn(Cc2c(F)cccc2Cl)nc1-c1ccccc1. The van der Waals surface area contributed by atoms with Crippen molar-refractivity contribution >= 4 is 11.6 Å². The molecule has 0 atom stereocenters. The largest absolute Gasteiger partial charge is 0.306 e. The first-order valence-electron chi connectivity index (χ1n) is 9.07. The molecule has 6 heteroatoms. The molecule has 0 aliphatic heterocycles. The van der Waals surface area contributed by atoms with E-state index in [0.717, 1.165) is 23.4 Å². The lowest BCUT2D eigenvalue weighted by molar-refractivity contribution is 0.371. The van der Waals surface area contributed by atoms with Gasteiger partial charge in [0.1, 0.15) is 17.2 Å². The Kier molecular flexibility index (Phi) is 5.92. The van der Waals surface area contributed by atoms with Crippen LogP contribution in [0.3, 0.4) is 0 Å². The molecule has 3 rings (SSSR count). The van der Waals surface area contributed by atoms with Crippen molar-refractivity contribution in [3.05, 3.63) is 70.6 Å². The van der Waals surface area contributed by atoms with Crippen molar-refractivity contribution < 1.29 is 4.39 Å². The van der Waals surface area contributed by atoms with Crippen LogP contribution in [0.4, 0.5) is 4.39 Å². The Morgan fingerprint density at radius 2 is 1.81 bits per heavy atom. The molecule has 0 aliphatic rings. The van der Waals surface area contributed by atoms with Crippen molar-refractivity contribution in [3.8, 4) is 11.3 Å². The molecular weight excluding hydrogens is 363 g/mol. The fourth-order valence-electron chi connectivity index (χ4n) is 2.67. The molecule has 1 N–H and O–H groups in total. The summed E-state index contributed by atoms with van der Waals surface area (Å²) in [5.74, 6) is -0.354. The zero-order chi connectivity index (χ0) is 19.4. The average Bonchev–Trinajstić information content (AvgIpc) is 3.07. The molecule has 0 fully saturated rings. The third-order valence-corrected chi connectivity index (χ3v) is 5.11. The number of nitrogens with zero attached hydrogens (tertiary/aromatic N) is 3. The second-order valence-electron chi connectivity index (χ2n) is 7.18. The first-order chi connectivity index (χ1) is 12.9. The summed E-state index contributed by atoms with van der Waals surface area (Å²) in [6.45, 7) is 7.21. The minimum absolute atomic E-state index is 0.00736. The maximum atomic E-state index is 14.2. The van der Waals surface area contributed by atoms with E-state index in [1.807, 2.05) is 30.3 Å². The topological polar surface area (TPSA) is 42.7 Å². The van der Waals surface area contributed by atoms with Crippen molar-refractivity contribution in [2.45, 2.75) is 45.8 Å². The lowest BCUT2D eigenvalue weighted by Gasteiger charge is -2.24. The summed E-state index contributed by atoms with van der Waals surface area (Å²) in [5, 5.41) is 13.1. The summed E-state index contributed by atoms with van der Waals surface area (Å²) in [4.78, 5) is 1.52. The van der Waals surface area contributed by atoms with Gasteiger partial charge in [0.25, 0.3) is 0 Å². The van der Waals surface area contributed by atoms with E-state index in [4.69, 9.17) is 11.6 Å². The van der Waals surface area contributed by atoms with Gasteiger partial charge in [-0.25, -0.2) is 4.39 Å². The van der Waals surface area contributed by atoms with Crippen LogP contribution in [0.25, 0.3) is 11.3 Å². The lowest BCUT2D eigenvalue weighted by atomic mass is 10.0. The Bertz CT molecular complexity index is 886. The van der Waals surface area contributed by atoms with Crippen LogP contribution >= 0.6 is 11.6 Å². The Labute approximate surface area is 164 Å². The maximum absolute atomic E-state index is 14.2. The van der Waals surface area contributed by atoms with Crippen LogP contribution in [0, 0.1) is 5.82 Å². The molecule has 27 heavy (non-hydrogen) atoms. The highest BCUT2D eigenvalue weighted by Crippen LogP contribution is 2.23. The van der Waals surface area contributed by atoms with Crippen molar-refractivity contribution in [2.24, 2.45) is 0 Å². The van der Waals surface area contributed by atoms with Gasteiger partial charge in [-0.05, 0) is 32.4 Å². The molecule has 0 spiro atoms. The second-order valence-corrected chi connectivity index (χ2v) is 7.59. The molecule has 0 aliphatic carbocycles. The Hall–Kier alpha value is -2.24. The Morgan fingerprint density at radius 1 is 1.07 bits per heavy atom. The van der Waals surface area contributed by atoms with Crippen molar-refractivity contribution in [2.75, 3.05) is 0 Å². The second kappa shape index (κ2) is 8.19. The van der Waals surface area contributed by atoms with Crippen molar-refractivity contribution in [1.29, 1.82) is 0 Å². The number of aromatic nitrogens is 3. The van der Waals surface area contributed by atoms with Gasteiger partial charge in [-0.2, -0.15) is 15.0 Å². The summed E-state index contributed by atoms with van der Waals surface area (Å²) in [6, 6.07) is 14.6. The molecule has 1 heterocycles. The minimum Gasteiger partial charge on any atom is -0.306 e. The Morgan fingerprint density at radius 3 is 2.48 bits per heavy atom. The molecule has 2 aromatic carbocycles. The normalized spacial score (nSPS) is 11.7. The fraction of sp³-hybridized carbons (Fsp3) is 0.333. The van der Waals surface area contributed by atoms with E-state index in [9.17, 15) is 4.39 Å². The zero-order valence-corrected chi connectivity index (χ0v) is 16.6. The van der Waals surface area contributed by atoms with E-state index in [1.54, 1.807) is 12.1 Å². The van der Waals surface area contributed by atoms with Gasteiger partial charge >= 0.3 is 0 Å². The van der Waals surface area contributed by atoms with Crippen LogP contribution < -0.4 is 5.32 Å². The average molecular weight is 387 g/mol. The summed E-state index contributed by atoms with van der Waals surface area (Å²) in [7, 11) is 0. The third-order valence-electron chi connectivity index (χ3n) is 4.75. The first kappa shape index (κ1) is 19.5. The van der Waals surface area contributed by atoms with Crippen LogP contribution in [-0.2, 0) is 13.1 Å². The predicted molar refractivity (Wildman–Crippen MR) is 107 cm³/mol. The number of benzene rings is 2. The van der Waals surface area contributed by atoms with E-state index in [-0.39, 0.29) is 17.9 Å². The molecule has 1 aromatic heterocycles. The van der Waals surface area contributed by atoms with Gasteiger partial charge < -0.3 is 5.32 Å². The predicted octanol–water partition coefficient (Wildman–Crippen LogP) is 5.06. The molecular formula is C21H24ClFN4. The molecule has 0 radical (unpaired) electrons. The quantitative estimate of drug-likeness (QED) is 0.616. The van der Waals surface area contributed by atoms with Crippen LogP contribution in [0.15, 0.2) is 48.5 Å². The highest BCUT2D eigenvalue weighted by atomic mass is 35.5. The van der Waals surface area contributed by atoms with Gasteiger partial charge in [-0.3, -0.25) is 0 Å². The van der Waals surface area contributed by atoms with Crippen molar-refractivity contribution in [3.63, 3.8) is 0 Å². The van der Waals surface area contributed by atoms with E-state index < -0.39 is 0 Å². The molecule has 0 unspecified atom stereocenters. The lowest BCUT2D eigenvalue weighted by Crippen LogP contribution is -2.38. The molecule has 0 saturated carbocycles. The standard InChI is InChI=1S/C21H24ClFN4/c1-4-21(2,3)24-13-19-20(15-9-6-5-7-10-15)26-27(25-19)14-16-17(22)11-8-12-18(16)23/h5-12,24H,4,13-14H2,1-3H3. The van der Waals surface area contributed by atoms with Gasteiger partial charge in [-0.15, -0.1) is 0 Å². The van der Waals surface area contributed by atoms with Gasteiger partial charge in [0.05, 0.1) is 6.54 Å². The first-order valence-corrected chi connectivity index (χ1v) is 9.45. The van der Waals surface area contributed by atoms with Gasteiger partial charge in [0.15, 0.2) is 0 Å². The van der Waals surface area contributed by atoms with E-state index in [0.29, 0.717) is 17.1 Å². The van der Waals surface area contributed by atoms with Crippen molar-refractivity contribution in [1.82, 2.24) is 20.3 Å². The molecule has 4 nitrogen and oxygen atoms in total. The number of hydrogen-bond acceptors (Lipinski definition) is 3. The van der Waals surface area contributed by atoms with Crippen LogP contribution in [0.2, 0.25) is 5.02 Å². The molecule has 0 saturated heterocycles. The summed E-state index contributed by atoms with van der Waals surface area (Å²) < 4.78 is 14.2. The third kappa shape index (κ3) is 4.73. The van der Waals surface area contributed by atoms with Gasteiger partial charge in [-0.1, -0.05) is 54.9 Å². The number of hydrogen-bond donors (Lipinski definition) is 1. The number of rotatable bonds is 7. The van der Waals surface area contributed by atoms with Gasteiger partial charge in [0, 0.05) is 28.2 Å². The highest BCUT2D eigenvalue weighted by Gasteiger charge is 2.19. The minimum atomic E-state index is -0.354. The molecule has 142 valence electrons. The van der Waals surface area contributed by atoms with Gasteiger partial charge in [0.2, 0.25) is 0 Å². The monoisotopic (exact) mass is 386 g/mol. The number of nitrogens with one attached hydrogen (secondary N) is 1. The zero-order valence-electron chi connectivity index (χ0n) is 15.8. The molecule has 0 amide bonds. The number of halogens is 2. The van der Waals surface area contributed by atoms with E-state index >= 15 is 0 Å². The summed E-state index contributed by atoms with van der Waals surface area (Å²) in [5.41, 5.74) is 2.99. The van der Waals surface area contributed by atoms with Crippen LogP contribution in [0.5, 0.6) is 0 Å². The van der Waals surface area contributed by atoms with Crippen LogP contribution in [0.1, 0.15) is 38.4 Å². The molecule has 3 aromatic rings. The smallest absolute Gasteiger partial charge is 0.129 e. The fourth-order valence-corrected chi connectivity index (χ4v) is 2.89. The van der Waals surface area contributed by atoms with E-state index in [1.165, 1.54) is 10.9 Å². The summed E-state index contributed by atoms with van der Waals surface area (Å²) >= 11 is 6.16. The highest BCUT2D eigenvalue weighted by molar-refractivity contribution is 6.31. The van der Waals surface area contributed by atoms with E-state index in [2.05, 4.69) is 36.3 Å². The summed E-state index contributed by atoms with van der Waals surface area (Å²) in [6.07, 6.45) is 0.993. The maximum Gasteiger partial charge on any atom is 0.129 e.